The Balaban J connectivity index is 1.93. The lowest BCUT2D eigenvalue weighted by atomic mass is 9.93. The van der Waals surface area contributed by atoms with Crippen molar-refractivity contribution < 1.29 is 22.3 Å². The van der Waals surface area contributed by atoms with E-state index >= 15 is 4.39 Å². The van der Waals surface area contributed by atoms with Gasteiger partial charge in [0, 0.05) is 25.6 Å². The summed E-state index contributed by atoms with van der Waals surface area (Å²) in [5.74, 6) is -2.43. The average molecular weight is 445 g/mol. The minimum atomic E-state index is -4.39. The van der Waals surface area contributed by atoms with Crippen LogP contribution >= 0.6 is 0 Å². The van der Waals surface area contributed by atoms with E-state index in [1.807, 2.05) is 0 Å². The molecule has 1 saturated heterocycles. The van der Waals surface area contributed by atoms with Gasteiger partial charge in [-0.1, -0.05) is 0 Å². The summed E-state index contributed by atoms with van der Waals surface area (Å²) in [5.41, 5.74) is 9.53. The van der Waals surface area contributed by atoms with Crippen LogP contribution in [0.1, 0.15) is 25.3 Å². The molecule has 1 saturated carbocycles. The third-order valence-electron chi connectivity index (χ3n) is 6.09. The SMILES string of the molecule is COc1c(N2CC(CN)C(CC(F)(F)F)C2)c(F)c(N)c2c(=O)[nH]c(=O)n(C3CC3)c12. The van der Waals surface area contributed by atoms with Crippen LogP contribution in [0.15, 0.2) is 9.59 Å². The van der Waals surface area contributed by atoms with Crippen LogP contribution in [0.2, 0.25) is 0 Å². The van der Waals surface area contributed by atoms with Crippen molar-refractivity contribution in [2.45, 2.75) is 31.5 Å². The number of methoxy groups -OCH3 is 1. The zero-order valence-electron chi connectivity index (χ0n) is 16.8. The maximum atomic E-state index is 15.4. The maximum Gasteiger partial charge on any atom is 0.389 e. The second-order valence-corrected chi connectivity index (χ2v) is 8.17. The molecule has 2 unspecified atom stereocenters. The van der Waals surface area contributed by atoms with Crippen molar-refractivity contribution in [1.82, 2.24) is 9.55 Å². The Morgan fingerprint density at radius 1 is 1.19 bits per heavy atom. The van der Waals surface area contributed by atoms with Crippen LogP contribution in [0, 0.1) is 17.7 Å². The summed E-state index contributed by atoms with van der Waals surface area (Å²) in [4.78, 5) is 28.5. The van der Waals surface area contributed by atoms with E-state index in [0.29, 0.717) is 12.8 Å². The lowest BCUT2D eigenvalue weighted by molar-refractivity contribution is -0.145. The van der Waals surface area contributed by atoms with Gasteiger partial charge in [0.15, 0.2) is 11.6 Å². The summed E-state index contributed by atoms with van der Waals surface area (Å²) in [6, 6.07) is -0.202. The molecule has 1 aromatic carbocycles. The molecule has 4 rings (SSSR count). The smallest absolute Gasteiger partial charge is 0.389 e. The summed E-state index contributed by atoms with van der Waals surface area (Å²) >= 11 is 0. The van der Waals surface area contributed by atoms with E-state index in [9.17, 15) is 22.8 Å². The molecular weight excluding hydrogens is 422 g/mol. The van der Waals surface area contributed by atoms with E-state index in [0.717, 1.165) is 0 Å². The molecule has 1 aliphatic carbocycles. The second-order valence-electron chi connectivity index (χ2n) is 8.17. The molecule has 5 N–H and O–H groups in total. The van der Waals surface area contributed by atoms with Crippen LogP contribution in [-0.2, 0) is 0 Å². The molecule has 0 amide bonds. The minimum absolute atomic E-state index is 0.00328. The molecule has 0 bridgehead atoms. The second kappa shape index (κ2) is 7.43. The number of nitrogens with one attached hydrogen (secondary N) is 1. The van der Waals surface area contributed by atoms with Crippen molar-refractivity contribution in [3.8, 4) is 5.75 Å². The van der Waals surface area contributed by atoms with Crippen LogP contribution < -0.4 is 32.4 Å². The number of nitrogen functional groups attached to an aromatic ring is 1. The third kappa shape index (κ3) is 3.62. The fourth-order valence-electron chi connectivity index (χ4n) is 4.55. The number of rotatable bonds is 5. The molecule has 2 heterocycles. The summed E-state index contributed by atoms with van der Waals surface area (Å²) < 4.78 is 61.3. The van der Waals surface area contributed by atoms with Gasteiger partial charge >= 0.3 is 11.9 Å². The number of aromatic amines is 1. The fourth-order valence-corrected chi connectivity index (χ4v) is 4.55. The molecule has 1 aromatic heterocycles. The summed E-state index contributed by atoms with van der Waals surface area (Å²) in [7, 11) is 1.25. The van der Waals surface area contributed by atoms with Crippen molar-refractivity contribution in [3.05, 3.63) is 26.7 Å². The molecule has 2 aliphatic rings. The topological polar surface area (TPSA) is 119 Å². The largest absolute Gasteiger partial charge is 0.492 e. The van der Waals surface area contributed by atoms with Crippen LogP contribution in [0.5, 0.6) is 5.75 Å². The van der Waals surface area contributed by atoms with Crippen molar-refractivity contribution in [2.75, 3.05) is 37.4 Å². The zero-order valence-corrected chi connectivity index (χ0v) is 16.8. The highest BCUT2D eigenvalue weighted by Gasteiger charge is 2.42. The molecule has 0 radical (unpaired) electrons. The average Bonchev–Trinajstić information content (AvgIpc) is 3.43. The molecule has 0 spiro atoms. The Morgan fingerprint density at radius 2 is 1.84 bits per heavy atom. The maximum absolute atomic E-state index is 15.4. The van der Waals surface area contributed by atoms with Crippen LogP contribution in [0.4, 0.5) is 28.9 Å². The molecular formula is C19H23F4N5O3. The van der Waals surface area contributed by atoms with Gasteiger partial charge < -0.3 is 21.1 Å². The number of alkyl halides is 3. The molecule has 2 fully saturated rings. The first-order chi connectivity index (χ1) is 14.6. The number of anilines is 2. The Bertz CT molecular complexity index is 1140. The monoisotopic (exact) mass is 445 g/mol. The van der Waals surface area contributed by atoms with E-state index in [1.54, 1.807) is 0 Å². The predicted octanol–water partition coefficient (Wildman–Crippen LogP) is 1.72. The first-order valence-corrected chi connectivity index (χ1v) is 9.92. The van der Waals surface area contributed by atoms with Crippen molar-refractivity contribution in [2.24, 2.45) is 17.6 Å². The molecule has 12 heteroatoms. The van der Waals surface area contributed by atoms with Gasteiger partial charge in [0.2, 0.25) is 0 Å². The molecule has 2 aromatic rings. The van der Waals surface area contributed by atoms with Crippen molar-refractivity contribution in [1.29, 1.82) is 0 Å². The minimum Gasteiger partial charge on any atom is -0.492 e. The zero-order chi connectivity index (χ0) is 22.7. The molecule has 170 valence electrons. The normalized spacial score (nSPS) is 21.8. The summed E-state index contributed by atoms with van der Waals surface area (Å²) in [5, 5.41) is -0.217. The van der Waals surface area contributed by atoms with E-state index in [4.69, 9.17) is 16.2 Å². The van der Waals surface area contributed by atoms with Gasteiger partial charge in [-0.25, -0.2) is 9.18 Å². The predicted molar refractivity (Wildman–Crippen MR) is 107 cm³/mol. The number of ether oxygens (including phenoxy) is 1. The van der Waals surface area contributed by atoms with Gasteiger partial charge in [-0.3, -0.25) is 14.3 Å². The molecule has 1 aliphatic heterocycles. The number of fused-ring (bicyclic) bond motifs is 1. The van der Waals surface area contributed by atoms with Gasteiger partial charge in [-0.15, -0.1) is 0 Å². The first-order valence-electron chi connectivity index (χ1n) is 9.92. The highest BCUT2D eigenvalue weighted by molar-refractivity contribution is 5.99. The number of H-pyrrole nitrogens is 1. The first kappa shape index (κ1) is 21.5. The summed E-state index contributed by atoms with van der Waals surface area (Å²) in [6.07, 6.45) is -4.07. The number of halogens is 4. The Morgan fingerprint density at radius 3 is 2.39 bits per heavy atom. The van der Waals surface area contributed by atoms with Crippen molar-refractivity contribution in [3.63, 3.8) is 0 Å². The highest BCUT2D eigenvalue weighted by atomic mass is 19.4. The van der Waals surface area contributed by atoms with Gasteiger partial charge in [-0.05, 0) is 31.2 Å². The van der Waals surface area contributed by atoms with E-state index in [1.165, 1.54) is 16.6 Å². The van der Waals surface area contributed by atoms with Gasteiger partial charge in [0.1, 0.15) is 11.2 Å². The highest BCUT2D eigenvalue weighted by Crippen LogP contribution is 2.47. The standard InChI is InChI=1S/C19H23F4N5O3/c1-31-16-14-11(17(29)26-18(30)28(14)10-2-3-10)13(25)12(20)15(16)27-6-8(4-19(21,22)23)9(5-24)7-27/h8-10H,2-7,24-25H2,1H3,(H,26,29,30). The third-order valence-corrected chi connectivity index (χ3v) is 6.09. The summed E-state index contributed by atoms with van der Waals surface area (Å²) in [6.45, 7) is -0.0561. The van der Waals surface area contributed by atoms with Gasteiger partial charge in [-0.2, -0.15) is 13.2 Å². The van der Waals surface area contributed by atoms with Gasteiger partial charge in [0.05, 0.1) is 18.2 Å². The number of nitrogens with two attached hydrogens (primary N) is 2. The molecule has 31 heavy (non-hydrogen) atoms. The Labute approximate surface area is 173 Å². The Hall–Kier alpha value is -2.76. The number of hydrogen-bond acceptors (Lipinski definition) is 6. The van der Waals surface area contributed by atoms with E-state index in [2.05, 4.69) is 4.98 Å². The van der Waals surface area contributed by atoms with Gasteiger partial charge in [0.25, 0.3) is 5.56 Å². The molecule has 2 atom stereocenters. The number of hydrogen-bond donors (Lipinski definition) is 3. The number of benzene rings is 1. The van der Waals surface area contributed by atoms with E-state index in [-0.39, 0.29) is 48.0 Å². The number of aromatic nitrogens is 2. The fraction of sp³-hybridized carbons (Fsp3) is 0.579. The van der Waals surface area contributed by atoms with Crippen LogP contribution in [-0.4, -0.2) is 42.5 Å². The van der Waals surface area contributed by atoms with Crippen molar-refractivity contribution >= 4 is 22.3 Å². The molecule has 8 nitrogen and oxygen atoms in total. The lowest BCUT2D eigenvalue weighted by Gasteiger charge is -2.25. The quantitative estimate of drug-likeness (QED) is 0.476. The van der Waals surface area contributed by atoms with E-state index < -0.39 is 47.2 Å². The lowest BCUT2D eigenvalue weighted by Crippen LogP contribution is -2.32. The number of nitrogens with zero attached hydrogens (tertiary/aromatic N) is 2. The van der Waals surface area contributed by atoms with Crippen LogP contribution in [0.25, 0.3) is 10.9 Å². The van der Waals surface area contributed by atoms with Crippen LogP contribution in [0.3, 0.4) is 0 Å². The Kier molecular flexibility index (Phi) is 5.15.